The number of hydrogen-bond donors (Lipinski definition) is 2. The Hall–Kier alpha value is -3.81. The van der Waals surface area contributed by atoms with Gasteiger partial charge in [-0.1, -0.05) is 36.4 Å². The molecule has 0 aromatic heterocycles. The second kappa shape index (κ2) is 7.07. The van der Waals surface area contributed by atoms with Crippen LogP contribution in [0.15, 0.2) is 53.0 Å². The molecule has 2 aromatic rings. The molecule has 2 N–H and O–H groups in total. The summed E-state index contributed by atoms with van der Waals surface area (Å²) in [6, 6.07) is 9.65. The van der Waals surface area contributed by atoms with Crippen LogP contribution in [0.4, 0.5) is 5.69 Å². The van der Waals surface area contributed by atoms with E-state index in [1.54, 1.807) is 50.2 Å². The van der Waals surface area contributed by atoms with E-state index in [0.29, 0.717) is 16.7 Å². The maximum Gasteiger partial charge on any atom is 0.335 e. The van der Waals surface area contributed by atoms with E-state index < -0.39 is 28.5 Å². The topological polar surface area (TPSA) is 130 Å². The van der Waals surface area contributed by atoms with Gasteiger partial charge < -0.3 is 10.2 Å². The molecule has 3 rings (SSSR count). The number of nitro benzene ring substituents is 1. The van der Waals surface area contributed by atoms with Gasteiger partial charge in [-0.05, 0) is 25.0 Å². The van der Waals surface area contributed by atoms with Crippen molar-refractivity contribution in [2.45, 2.75) is 19.9 Å². The number of allylic oxidation sites excluding steroid dienone is 1. The van der Waals surface area contributed by atoms with Crippen molar-refractivity contribution in [3.63, 3.8) is 0 Å². The fourth-order valence-corrected chi connectivity index (χ4v) is 3.26. The molecule has 1 atom stereocenters. The first kappa shape index (κ1) is 19.0. The molecular formula is C20H16N2O6. The highest BCUT2D eigenvalue weighted by Crippen LogP contribution is 2.40. The number of nitrogens with zero attached hydrogens (tertiary/aromatic N) is 2. The van der Waals surface area contributed by atoms with E-state index in [1.807, 2.05) is 0 Å². The molecule has 0 bridgehead atoms. The molecule has 0 saturated carbocycles. The van der Waals surface area contributed by atoms with E-state index in [-0.39, 0.29) is 22.5 Å². The third-order valence-corrected chi connectivity index (χ3v) is 4.71. The Bertz CT molecular complexity index is 1070. The molecule has 0 spiro atoms. The van der Waals surface area contributed by atoms with Gasteiger partial charge in [0.25, 0.3) is 5.69 Å². The fraction of sp³-hybridized carbons (Fsp3) is 0.150. The van der Waals surface area contributed by atoms with E-state index in [4.69, 9.17) is 0 Å². The SMILES string of the molecule is Cc1ccc([N+](=O)[O-])c(C2=C(C(=O)O)C(C(=O)O)N=C2c2ccccc2)c1C. The van der Waals surface area contributed by atoms with E-state index >= 15 is 0 Å². The summed E-state index contributed by atoms with van der Waals surface area (Å²) in [5, 5.41) is 30.9. The minimum atomic E-state index is -1.65. The summed E-state index contributed by atoms with van der Waals surface area (Å²) in [5.41, 5.74) is 1.07. The van der Waals surface area contributed by atoms with Gasteiger partial charge in [0.1, 0.15) is 0 Å². The van der Waals surface area contributed by atoms with Crippen LogP contribution in [0.5, 0.6) is 0 Å². The van der Waals surface area contributed by atoms with Gasteiger partial charge in [0.15, 0.2) is 6.04 Å². The number of nitro groups is 1. The quantitative estimate of drug-likeness (QED) is 0.606. The Labute approximate surface area is 159 Å². The number of carboxylic acid groups (broad SMARTS) is 2. The highest BCUT2D eigenvalue weighted by molar-refractivity contribution is 6.39. The van der Waals surface area contributed by atoms with Crippen LogP contribution < -0.4 is 0 Å². The number of benzene rings is 2. The molecule has 0 radical (unpaired) electrons. The first-order valence-corrected chi connectivity index (χ1v) is 8.32. The summed E-state index contributed by atoms with van der Waals surface area (Å²) in [6.07, 6.45) is 0. The molecule has 2 aromatic carbocycles. The zero-order valence-corrected chi connectivity index (χ0v) is 15.0. The molecule has 1 aliphatic heterocycles. The third-order valence-electron chi connectivity index (χ3n) is 4.71. The van der Waals surface area contributed by atoms with Gasteiger partial charge in [-0.3, -0.25) is 15.1 Å². The van der Waals surface area contributed by atoms with Crippen molar-refractivity contribution in [1.82, 2.24) is 0 Å². The molecule has 1 aliphatic rings. The number of aryl methyl sites for hydroxylation is 1. The molecule has 8 nitrogen and oxygen atoms in total. The number of rotatable bonds is 5. The third kappa shape index (κ3) is 3.05. The summed E-state index contributed by atoms with van der Waals surface area (Å²) in [5.74, 6) is -2.92. The Morgan fingerprint density at radius 2 is 1.71 bits per heavy atom. The molecule has 1 unspecified atom stereocenters. The van der Waals surface area contributed by atoms with Crippen LogP contribution in [0.25, 0.3) is 5.57 Å². The molecule has 28 heavy (non-hydrogen) atoms. The van der Waals surface area contributed by atoms with E-state index in [1.165, 1.54) is 6.07 Å². The van der Waals surface area contributed by atoms with Crippen molar-refractivity contribution >= 4 is 28.9 Å². The Balaban J connectivity index is 2.45. The predicted octanol–water partition coefficient (Wildman–Crippen LogP) is 3.01. The fourth-order valence-electron chi connectivity index (χ4n) is 3.26. The van der Waals surface area contributed by atoms with Crippen molar-refractivity contribution in [2.75, 3.05) is 0 Å². The highest BCUT2D eigenvalue weighted by atomic mass is 16.6. The molecular weight excluding hydrogens is 364 g/mol. The van der Waals surface area contributed by atoms with E-state index in [9.17, 15) is 29.9 Å². The maximum absolute atomic E-state index is 12.0. The predicted molar refractivity (Wildman–Crippen MR) is 102 cm³/mol. The van der Waals surface area contributed by atoms with E-state index in [2.05, 4.69) is 4.99 Å². The zero-order valence-electron chi connectivity index (χ0n) is 15.0. The normalized spacial score (nSPS) is 16.1. The average Bonchev–Trinajstić information content (AvgIpc) is 3.05. The van der Waals surface area contributed by atoms with Crippen LogP contribution in [-0.2, 0) is 9.59 Å². The van der Waals surface area contributed by atoms with Gasteiger partial charge in [-0.2, -0.15) is 0 Å². The standard InChI is InChI=1S/C20H16N2O6/c1-10-8-9-13(22(27)28)14(11(10)2)15-16(19(23)24)18(20(25)26)21-17(15)12-6-4-3-5-7-12/h3-9,18H,1-2H3,(H,23,24)(H,25,26). The van der Waals surface area contributed by atoms with Gasteiger partial charge in [-0.15, -0.1) is 0 Å². The van der Waals surface area contributed by atoms with Crippen molar-refractivity contribution in [3.05, 3.63) is 80.4 Å². The molecule has 1 heterocycles. The van der Waals surface area contributed by atoms with E-state index in [0.717, 1.165) is 0 Å². The lowest BCUT2D eigenvalue weighted by atomic mass is 9.87. The Kier molecular flexibility index (Phi) is 4.79. The average molecular weight is 380 g/mol. The van der Waals surface area contributed by atoms with Gasteiger partial charge >= 0.3 is 11.9 Å². The lowest BCUT2D eigenvalue weighted by Crippen LogP contribution is -2.23. The van der Waals surface area contributed by atoms with Gasteiger partial charge in [0, 0.05) is 17.2 Å². The minimum absolute atomic E-state index is 0.0287. The Morgan fingerprint density at radius 3 is 2.25 bits per heavy atom. The summed E-state index contributed by atoms with van der Waals surface area (Å²) in [4.78, 5) is 38.9. The largest absolute Gasteiger partial charge is 0.479 e. The molecule has 0 amide bonds. The number of carboxylic acids is 2. The number of hydrogen-bond acceptors (Lipinski definition) is 5. The summed E-state index contributed by atoms with van der Waals surface area (Å²) in [7, 11) is 0. The van der Waals surface area contributed by atoms with Gasteiger partial charge in [0.05, 0.1) is 21.8 Å². The minimum Gasteiger partial charge on any atom is -0.479 e. The molecule has 142 valence electrons. The summed E-state index contributed by atoms with van der Waals surface area (Å²) in [6.45, 7) is 3.38. The maximum atomic E-state index is 12.0. The molecule has 0 saturated heterocycles. The van der Waals surface area contributed by atoms with Gasteiger partial charge in [0.2, 0.25) is 0 Å². The van der Waals surface area contributed by atoms with Crippen molar-refractivity contribution in [2.24, 2.45) is 4.99 Å². The number of aliphatic carboxylic acids is 2. The van der Waals surface area contributed by atoms with Crippen LogP contribution >= 0.6 is 0 Å². The first-order chi connectivity index (χ1) is 13.2. The van der Waals surface area contributed by atoms with Crippen LogP contribution in [0.3, 0.4) is 0 Å². The number of carbonyl (C=O) groups is 2. The van der Waals surface area contributed by atoms with Crippen LogP contribution in [0.2, 0.25) is 0 Å². The summed E-state index contributed by atoms with van der Waals surface area (Å²) >= 11 is 0. The molecule has 8 heteroatoms. The monoisotopic (exact) mass is 380 g/mol. The second-order valence-electron chi connectivity index (χ2n) is 6.34. The van der Waals surface area contributed by atoms with Crippen molar-refractivity contribution in [3.8, 4) is 0 Å². The highest BCUT2D eigenvalue weighted by Gasteiger charge is 2.41. The van der Waals surface area contributed by atoms with Crippen LogP contribution in [0.1, 0.15) is 22.3 Å². The summed E-state index contributed by atoms with van der Waals surface area (Å²) < 4.78 is 0. The van der Waals surface area contributed by atoms with Crippen molar-refractivity contribution in [1.29, 1.82) is 0 Å². The number of aliphatic imine (C=N–C) groups is 1. The Morgan fingerprint density at radius 1 is 1.07 bits per heavy atom. The first-order valence-electron chi connectivity index (χ1n) is 8.32. The van der Waals surface area contributed by atoms with Crippen molar-refractivity contribution < 1.29 is 24.7 Å². The molecule has 0 fully saturated rings. The second-order valence-corrected chi connectivity index (χ2v) is 6.34. The smallest absolute Gasteiger partial charge is 0.335 e. The lowest BCUT2D eigenvalue weighted by Gasteiger charge is -2.14. The van der Waals surface area contributed by atoms with Gasteiger partial charge in [-0.25, -0.2) is 9.59 Å². The lowest BCUT2D eigenvalue weighted by molar-refractivity contribution is -0.385. The van der Waals surface area contributed by atoms with Crippen LogP contribution in [0, 0.1) is 24.0 Å². The molecule has 0 aliphatic carbocycles. The van der Waals surface area contributed by atoms with Crippen LogP contribution in [-0.4, -0.2) is 38.8 Å². The zero-order chi connectivity index (χ0) is 20.6.